The second kappa shape index (κ2) is 7.80. The lowest BCUT2D eigenvalue weighted by Gasteiger charge is -2.30. The molecule has 1 aromatic carbocycles. The topological polar surface area (TPSA) is 32.5 Å². The van der Waals surface area contributed by atoms with E-state index in [4.69, 9.17) is 28.9 Å². The fraction of sp³-hybridized carbons (Fsp3) is 0.625. The van der Waals surface area contributed by atoms with Crippen molar-refractivity contribution in [1.82, 2.24) is 9.80 Å². The SMILES string of the molecule is CCN(CC)C1CCN(C(CN)c2cccc(Cl)c2Cl)C1. The minimum absolute atomic E-state index is 0.150. The molecule has 5 heteroatoms. The van der Waals surface area contributed by atoms with Gasteiger partial charge in [0, 0.05) is 31.7 Å². The van der Waals surface area contributed by atoms with Gasteiger partial charge in [0.05, 0.1) is 10.0 Å². The van der Waals surface area contributed by atoms with Crippen LogP contribution in [0.2, 0.25) is 10.0 Å². The van der Waals surface area contributed by atoms with Crippen molar-refractivity contribution in [1.29, 1.82) is 0 Å². The minimum Gasteiger partial charge on any atom is -0.329 e. The van der Waals surface area contributed by atoms with E-state index in [1.54, 1.807) is 0 Å². The van der Waals surface area contributed by atoms with Gasteiger partial charge in [-0.2, -0.15) is 0 Å². The first kappa shape index (κ1) is 17.0. The van der Waals surface area contributed by atoms with Crippen LogP contribution in [0.15, 0.2) is 18.2 Å². The van der Waals surface area contributed by atoms with Crippen molar-refractivity contribution in [2.45, 2.75) is 32.4 Å². The van der Waals surface area contributed by atoms with E-state index in [2.05, 4.69) is 23.6 Å². The Hall–Kier alpha value is -0.320. The Morgan fingerprint density at radius 1 is 1.33 bits per heavy atom. The Kier molecular flexibility index (Phi) is 6.33. The van der Waals surface area contributed by atoms with Crippen molar-refractivity contribution < 1.29 is 0 Å². The summed E-state index contributed by atoms with van der Waals surface area (Å²) in [5.41, 5.74) is 7.08. The van der Waals surface area contributed by atoms with E-state index in [1.807, 2.05) is 18.2 Å². The lowest BCUT2D eigenvalue weighted by Crippen LogP contribution is -2.39. The van der Waals surface area contributed by atoms with Gasteiger partial charge in [0.1, 0.15) is 0 Å². The molecule has 2 rings (SSSR count). The second-order valence-electron chi connectivity index (χ2n) is 5.55. The molecule has 2 N–H and O–H groups in total. The lowest BCUT2D eigenvalue weighted by atomic mass is 10.1. The summed E-state index contributed by atoms with van der Waals surface area (Å²) in [4.78, 5) is 4.97. The lowest BCUT2D eigenvalue weighted by molar-refractivity contribution is 0.190. The van der Waals surface area contributed by atoms with Crippen LogP contribution < -0.4 is 5.73 Å². The van der Waals surface area contributed by atoms with Crippen LogP contribution in [-0.4, -0.2) is 48.6 Å². The predicted octanol–water partition coefficient (Wildman–Crippen LogP) is 3.41. The summed E-state index contributed by atoms with van der Waals surface area (Å²) in [5, 5.41) is 1.24. The van der Waals surface area contributed by atoms with Crippen molar-refractivity contribution in [2.75, 3.05) is 32.7 Å². The maximum Gasteiger partial charge on any atom is 0.0640 e. The monoisotopic (exact) mass is 329 g/mol. The van der Waals surface area contributed by atoms with E-state index >= 15 is 0 Å². The number of rotatable bonds is 6. The van der Waals surface area contributed by atoms with Gasteiger partial charge in [0.2, 0.25) is 0 Å². The van der Waals surface area contributed by atoms with E-state index < -0.39 is 0 Å². The molecule has 1 aliphatic heterocycles. The summed E-state index contributed by atoms with van der Waals surface area (Å²) in [6, 6.07) is 6.58. The van der Waals surface area contributed by atoms with Crippen LogP contribution in [0, 0.1) is 0 Å². The zero-order valence-electron chi connectivity index (χ0n) is 12.9. The molecule has 2 unspecified atom stereocenters. The molecule has 0 radical (unpaired) electrons. The highest BCUT2D eigenvalue weighted by atomic mass is 35.5. The van der Waals surface area contributed by atoms with Crippen molar-refractivity contribution >= 4 is 23.2 Å². The first-order chi connectivity index (χ1) is 10.1. The van der Waals surface area contributed by atoms with Crippen molar-refractivity contribution in [2.24, 2.45) is 5.73 Å². The van der Waals surface area contributed by atoms with E-state index in [-0.39, 0.29) is 6.04 Å². The summed E-state index contributed by atoms with van der Waals surface area (Å²) in [7, 11) is 0. The number of likely N-dealkylation sites (N-methyl/N-ethyl adjacent to an activating group) is 1. The van der Waals surface area contributed by atoms with Crippen LogP contribution in [-0.2, 0) is 0 Å². The van der Waals surface area contributed by atoms with Crippen LogP contribution in [0.5, 0.6) is 0 Å². The number of halogens is 2. The summed E-state index contributed by atoms with van der Waals surface area (Å²) in [6.07, 6.45) is 1.19. The highest BCUT2D eigenvalue weighted by molar-refractivity contribution is 6.42. The van der Waals surface area contributed by atoms with Gasteiger partial charge in [-0.1, -0.05) is 49.2 Å². The third kappa shape index (κ3) is 3.72. The molecular formula is C16H25Cl2N3. The standard InChI is InChI=1S/C16H25Cl2N3/c1-3-20(4-2)12-8-9-21(11-12)15(10-19)13-6-5-7-14(17)16(13)18/h5-7,12,15H,3-4,8-11,19H2,1-2H3. The molecule has 0 aliphatic carbocycles. The fourth-order valence-corrected chi connectivity index (χ4v) is 3.77. The summed E-state index contributed by atoms with van der Waals surface area (Å²) >= 11 is 12.5. The molecular weight excluding hydrogens is 305 g/mol. The van der Waals surface area contributed by atoms with Gasteiger partial charge in [-0.25, -0.2) is 0 Å². The smallest absolute Gasteiger partial charge is 0.0640 e. The van der Waals surface area contributed by atoms with Crippen molar-refractivity contribution in [3.63, 3.8) is 0 Å². The highest BCUT2D eigenvalue weighted by Gasteiger charge is 2.31. The molecule has 0 saturated carbocycles. The van der Waals surface area contributed by atoms with Gasteiger partial charge in [-0.3, -0.25) is 9.80 Å². The molecule has 118 valence electrons. The van der Waals surface area contributed by atoms with Crippen LogP contribution in [0.4, 0.5) is 0 Å². The molecule has 3 nitrogen and oxygen atoms in total. The van der Waals surface area contributed by atoms with E-state index in [1.165, 1.54) is 6.42 Å². The highest BCUT2D eigenvalue weighted by Crippen LogP contribution is 2.34. The summed E-state index contributed by atoms with van der Waals surface area (Å²) in [5.74, 6) is 0. The zero-order chi connectivity index (χ0) is 15.4. The third-order valence-corrected chi connectivity index (χ3v) is 5.36. The molecule has 2 atom stereocenters. The average Bonchev–Trinajstić information content (AvgIpc) is 2.95. The van der Waals surface area contributed by atoms with Crippen LogP contribution in [0.1, 0.15) is 31.9 Å². The van der Waals surface area contributed by atoms with Gasteiger partial charge < -0.3 is 5.73 Å². The molecule has 1 saturated heterocycles. The molecule has 0 spiro atoms. The van der Waals surface area contributed by atoms with Crippen LogP contribution >= 0.6 is 23.2 Å². The normalized spacial score (nSPS) is 21.1. The first-order valence-corrected chi connectivity index (χ1v) is 8.50. The first-order valence-electron chi connectivity index (χ1n) is 7.74. The molecule has 1 aromatic rings. The Labute approximate surface area is 138 Å². The van der Waals surface area contributed by atoms with Gasteiger partial charge in [0.25, 0.3) is 0 Å². The van der Waals surface area contributed by atoms with Crippen molar-refractivity contribution in [3.8, 4) is 0 Å². The number of hydrogen-bond acceptors (Lipinski definition) is 3. The number of likely N-dealkylation sites (tertiary alicyclic amines) is 1. The van der Waals surface area contributed by atoms with Gasteiger partial charge in [-0.05, 0) is 31.1 Å². The van der Waals surface area contributed by atoms with Gasteiger partial charge in [-0.15, -0.1) is 0 Å². The number of nitrogens with two attached hydrogens (primary N) is 1. The second-order valence-corrected chi connectivity index (χ2v) is 6.34. The largest absolute Gasteiger partial charge is 0.329 e. The maximum atomic E-state index is 6.37. The maximum absolute atomic E-state index is 6.37. The summed E-state index contributed by atoms with van der Waals surface area (Å²) < 4.78 is 0. The number of benzene rings is 1. The molecule has 0 aromatic heterocycles. The predicted molar refractivity (Wildman–Crippen MR) is 91.2 cm³/mol. The minimum atomic E-state index is 0.150. The quantitative estimate of drug-likeness (QED) is 0.868. The fourth-order valence-electron chi connectivity index (χ4n) is 3.34. The average molecular weight is 330 g/mol. The Bertz CT molecular complexity index is 463. The zero-order valence-corrected chi connectivity index (χ0v) is 14.4. The van der Waals surface area contributed by atoms with Crippen LogP contribution in [0.3, 0.4) is 0 Å². The molecule has 1 fully saturated rings. The Morgan fingerprint density at radius 3 is 2.67 bits per heavy atom. The van der Waals surface area contributed by atoms with Gasteiger partial charge >= 0.3 is 0 Å². The van der Waals surface area contributed by atoms with Crippen LogP contribution in [0.25, 0.3) is 0 Å². The van der Waals surface area contributed by atoms with E-state index in [9.17, 15) is 0 Å². The van der Waals surface area contributed by atoms with Crippen molar-refractivity contribution in [3.05, 3.63) is 33.8 Å². The summed E-state index contributed by atoms with van der Waals surface area (Å²) in [6.45, 7) is 9.31. The molecule has 0 bridgehead atoms. The molecule has 1 heterocycles. The van der Waals surface area contributed by atoms with E-state index in [0.717, 1.165) is 31.7 Å². The van der Waals surface area contributed by atoms with Gasteiger partial charge in [0.15, 0.2) is 0 Å². The number of hydrogen-bond donors (Lipinski definition) is 1. The number of nitrogens with zero attached hydrogens (tertiary/aromatic N) is 2. The van der Waals surface area contributed by atoms with E-state index in [0.29, 0.717) is 22.6 Å². The Morgan fingerprint density at radius 2 is 2.05 bits per heavy atom. The Balaban J connectivity index is 2.14. The molecule has 0 amide bonds. The third-order valence-electron chi connectivity index (χ3n) is 4.53. The molecule has 1 aliphatic rings. The molecule has 21 heavy (non-hydrogen) atoms.